The van der Waals surface area contributed by atoms with Crippen LogP contribution in [0.15, 0.2) is 24.3 Å². The Morgan fingerprint density at radius 3 is 2.62 bits per heavy atom. The maximum absolute atomic E-state index is 5.80. The highest BCUT2D eigenvalue weighted by Gasteiger charge is 2.34. The van der Waals surface area contributed by atoms with Crippen LogP contribution < -0.4 is 10.1 Å². The fourth-order valence-corrected chi connectivity index (χ4v) is 3.79. The summed E-state index contributed by atoms with van der Waals surface area (Å²) in [6, 6.07) is 10.8. The molecule has 1 N–H and O–H groups in total. The van der Waals surface area contributed by atoms with Gasteiger partial charge in [-0.25, -0.2) is 0 Å². The van der Waals surface area contributed by atoms with Crippen molar-refractivity contribution < 1.29 is 4.74 Å². The molecule has 2 fully saturated rings. The molecule has 3 heteroatoms. The van der Waals surface area contributed by atoms with Gasteiger partial charge >= 0.3 is 0 Å². The molecule has 1 aromatic carbocycles. The normalized spacial score (nSPS) is 28.3. The standard InChI is InChI=1S/C18H28N2O/c1-13(2)21-18-6-4-5-14(9-18)12-20(3)17-10-15-7-8-16(11-17)19-15/h4-6,9,13,15-17,19H,7-8,10-12H2,1-3H3. The number of hydrogen-bond acceptors (Lipinski definition) is 3. The van der Waals surface area contributed by atoms with Gasteiger partial charge in [0, 0.05) is 24.7 Å². The third-order valence-corrected chi connectivity index (χ3v) is 4.77. The largest absolute Gasteiger partial charge is 0.491 e. The number of piperidine rings is 1. The molecule has 0 amide bonds. The molecular weight excluding hydrogens is 260 g/mol. The third kappa shape index (κ3) is 3.78. The number of ether oxygens (including phenoxy) is 1. The average molecular weight is 288 g/mol. The first-order chi connectivity index (χ1) is 10.1. The fourth-order valence-electron chi connectivity index (χ4n) is 3.79. The molecule has 2 atom stereocenters. The van der Waals surface area contributed by atoms with Crippen molar-refractivity contribution in [2.75, 3.05) is 7.05 Å². The van der Waals surface area contributed by atoms with E-state index in [1.807, 2.05) is 6.07 Å². The van der Waals surface area contributed by atoms with E-state index in [-0.39, 0.29) is 6.10 Å². The Morgan fingerprint density at radius 1 is 1.24 bits per heavy atom. The number of rotatable bonds is 5. The first kappa shape index (κ1) is 14.9. The molecule has 116 valence electrons. The summed E-state index contributed by atoms with van der Waals surface area (Å²) in [6.07, 6.45) is 5.57. The van der Waals surface area contributed by atoms with E-state index in [0.717, 1.165) is 30.4 Å². The van der Waals surface area contributed by atoms with Gasteiger partial charge in [-0.2, -0.15) is 0 Å². The number of nitrogens with zero attached hydrogens (tertiary/aromatic N) is 1. The summed E-state index contributed by atoms with van der Waals surface area (Å²) in [5.41, 5.74) is 1.35. The molecule has 3 rings (SSSR count). The van der Waals surface area contributed by atoms with E-state index in [1.165, 1.54) is 31.2 Å². The summed E-state index contributed by atoms with van der Waals surface area (Å²) in [5, 5.41) is 3.72. The van der Waals surface area contributed by atoms with E-state index in [4.69, 9.17) is 4.74 Å². The highest BCUT2D eigenvalue weighted by molar-refractivity contribution is 5.28. The van der Waals surface area contributed by atoms with Crippen molar-refractivity contribution in [3.63, 3.8) is 0 Å². The summed E-state index contributed by atoms with van der Waals surface area (Å²) < 4.78 is 5.80. The van der Waals surface area contributed by atoms with Crippen molar-refractivity contribution in [2.45, 2.75) is 70.3 Å². The average Bonchev–Trinajstić information content (AvgIpc) is 2.77. The number of benzene rings is 1. The zero-order valence-electron chi connectivity index (χ0n) is 13.5. The first-order valence-corrected chi connectivity index (χ1v) is 8.32. The Morgan fingerprint density at radius 2 is 1.95 bits per heavy atom. The van der Waals surface area contributed by atoms with Crippen LogP contribution in [0.25, 0.3) is 0 Å². The molecule has 0 saturated carbocycles. The molecule has 0 aromatic heterocycles. The first-order valence-electron chi connectivity index (χ1n) is 8.32. The van der Waals surface area contributed by atoms with Gasteiger partial charge in [0.15, 0.2) is 0 Å². The minimum Gasteiger partial charge on any atom is -0.491 e. The van der Waals surface area contributed by atoms with Gasteiger partial charge in [-0.1, -0.05) is 12.1 Å². The van der Waals surface area contributed by atoms with Gasteiger partial charge in [0.25, 0.3) is 0 Å². The molecule has 0 aliphatic carbocycles. The van der Waals surface area contributed by atoms with Crippen LogP contribution in [0.3, 0.4) is 0 Å². The second-order valence-electron chi connectivity index (χ2n) is 6.99. The molecule has 2 bridgehead atoms. The molecule has 3 nitrogen and oxygen atoms in total. The molecule has 21 heavy (non-hydrogen) atoms. The minimum atomic E-state index is 0.234. The molecule has 2 unspecified atom stereocenters. The lowest BCUT2D eigenvalue weighted by Gasteiger charge is -2.35. The van der Waals surface area contributed by atoms with Crippen molar-refractivity contribution in [2.24, 2.45) is 0 Å². The van der Waals surface area contributed by atoms with Crippen LogP contribution in [-0.2, 0) is 6.54 Å². The van der Waals surface area contributed by atoms with E-state index >= 15 is 0 Å². The third-order valence-electron chi connectivity index (χ3n) is 4.77. The van der Waals surface area contributed by atoms with E-state index in [1.54, 1.807) is 0 Å². The van der Waals surface area contributed by atoms with Crippen LogP contribution in [0.4, 0.5) is 0 Å². The summed E-state index contributed by atoms with van der Waals surface area (Å²) in [4.78, 5) is 2.53. The van der Waals surface area contributed by atoms with Gasteiger partial charge in [0.05, 0.1) is 6.10 Å². The smallest absolute Gasteiger partial charge is 0.120 e. The Hall–Kier alpha value is -1.06. The highest BCUT2D eigenvalue weighted by Crippen LogP contribution is 2.30. The summed E-state index contributed by atoms with van der Waals surface area (Å²) >= 11 is 0. The Labute approximate surface area is 128 Å². The fraction of sp³-hybridized carbons (Fsp3) is 0.667. The Bertz CT molecular complexity index is 462. The quantitative estimate of drug-likeness (QED) is 0.900. The minimum absolute atomic E-state index is 0.234. The van der Waals surface area contributed by atoms with E-state index in [0.29, 0.717) is 0 Å². The molecule has 2 aliphatic rings. The van der Waals surface area contributed by atoms with Crippen LogP contribution in [-0.4, -0.2) is 36.2 Å². The van der Waals surface area contributed by atoms with Crippen molar-refractivity contribution in [1.82, 2.24) is 10.2 Å². The topological polar surface area (TPSA) is 24.5 Å². The van der Waals surface area contributed by atoms with Crippen molar-refractivity contribution in [3.05, 3.63) is 29.8 Å². The van der Waals surface area contributed by atoms with E-state index in [9.17, 15) is 0 Å². The second kappa shape index (κ2) is 6.37. The zero-order chi connectivity index (χ0) is 14.8. The molecule has 2 saturated heterocycles. The molecule has 2 heterocycles. The van der Waals surface area contributed by atoms with Crippen LogP contribution in [0, 0.1) is 0 Å². The van der Waals surface area contributed by atoms with Gasteiger partial charge in [0.1, 0.15) is 5.75 Å². The maximum atomic E-state index is 5.80. The monoisotopic (exact) mass is 288 g/mol. The van der Waals surface area contributed by atoms with Gasteiger partial charge in [0.2, 0.25) is 0 Å². The molecule has 1 aromatic rings. The Kier molecular flexibility index (Phi) is 4.51. The Balaban J connectivity index is 1.60. The molecule has 0 spiro atoms. The van der Waals surface area contributed by atoms with E-state index < -0.39 is 0 Å². The lowest BCUT2D eigenvalue weighted by Crippen LogP contribution is -2.46. The highest BCUT2D eigenvalue weighted by atomic mass is 16.5. The van der Waals surface area contributed by atoms with Crippen LogP contribution in [0.5, 0.6) is 5.75 Å². The number of hydrogen-bond donors (Lipinski definition) is 1. The predicted molar refractivity (Wildman–Crippen MR) is 86.6 cm³/mol. The molecular formula is C18H28N2O. The van der Waals surface area contributed by atoms with Crippen molar-refractivity contribution >= 4 is 0 Å². The van der Waals surface area contributed by atoms with Gasteiger partial charge in [-0.05, 0) is 64.3 Å². The second-order valence-corrected chi connectivity index (χ2v) is 6.99. The lowest BCUT2D eigenvalue weighted by molar-refractivity contribution is 0.165. The molecule has 2 aliphatic heterocycles. The zero-order valence-corrected chi connectivity index (χ0v) is 13.5. The molecule has 0 radical (unpaired) electrons. The summed E-state index contributed by atoms with van der Waals surface area (Å²) in [5.74, 6) is 0.987. The van der Waals surface area contributed by atoms with Crippen molar-refractivity contribution in [1.29, 1.82) is 0 Å². The summed E-state index contributed by atoms with van der Waals surface area (Å²) in [6.45, 7) is 5.16. The lowest BCUT2D eigenvalue weighted by atomic mass is 9.98. The van der Waals surface area contributed by atoms with E-state index in [2.05, 4.69) is 49.3 Å². The van der Waals surface area contributed by atoms with Gasteiger partial charge in [-0.3, -0.25) is 4.90 Å². The predicted octanol–water partition coefficient (Wildman–Crippen LogP) is 3.19. The van der Waals surface area contributed by atoms with Gasteiger partial charge in [-0.15, -0.1) is 0 Å². The van der Waals surface area contributed by atoms with Crippen LogP contribution >= 0.6 is 0 Å². The van der Waals surface area contributed by atoms with Gasteiger partial charge < -0.3 is 10.1 Å². The van der Waals surface area contributed by atoms with Crippen LogP contribution in [0.2, 0.25) is 0 Å². The number of nitrogens with one attached hydrogen (secondary N) is 1. The number of fused-ring (bicyclic) bond motifs is 2. The SMILES string of the molecule is CC(C)Oc1cccc(CN(C)C2CC3CCC(C2)N3)c1. The maximum Gasteiger partial charge on any atom is 0.120 e. The van der Waals surface area contributed by atoms with Crippen LogP contribution in [0.1, 0.15) is 45.1 Å². The summed E-state index contributed by atoms with van der Waals surface area (Å²) in [7, 11) is 2.27. The van der Waals surface area contributed by atoms with Crippen molar-refractivity contribution in [3.8, 4) is 5.75 Å².